The van der Waals surface area contributed by atoms with Gasteiger partial charge in [-0.25, -0.2) is 0 Å². The topological polar surface area (TPSA) is 41.6 Å². The van der Waals surface area contributed by atoms with E-state index >= 15 is 0 Å². The van der Waals surface area contributed by atoms with E-state index in [1.807, 2.05) is 6.21 Å². The lowest BCUT2D eigenvalue weighted by Gasteiger charge is -2.26. The molecule has 0 fully saturated rings. The average Bonchev–Trinajstić information content (AvgIpc) is 3.10. The van der Waals surface area contributed by atoms with Crippen LogP contribution in [0.4, 0.5) is 0 Å². The number of nitrogens with two attached hydrogens (primary N) is 1. The molecule has 2 unspecified atom stereocenters. The zero-order valence-electron chi connectivity index (χ0n) is 17.7. The molecule has 1 heterocycles. The maximum atomic E-state index is 5.98. The molecule has 1 rings (SSSR count). The molecule has 0 aliphatic carbocycles. The standard InChI is InChI=1S/C23H45N3/c1-3-4-5-6-7-8-9-10-11-12-13-14-15-16-17-18-19-23-25-20-21-26(23)22(2)24/h14-15,20,22-23H,3-13,16-19,21,24H2,1-2H3/b15-14+. The molecule has 2 atom stereocenters. The summed E-state index contributed by atoms with van der Waals surface area (Å²) < 4.78 is 0. The van der Waals surface area contributed by atoms with Crippen LogP contribution in [0, 0.1) is 0 Å². The maximum Gasteiger partial charge on any atom is 0.103 e. The molecule has 2 N–H and O–H groups in total. The average molecular weight is 364 g/mol. The van der Waals surface area contributed by atoms with E-state index in [-0.39, 0.29) is 6.17 Å². The summed E-state index contributed by atoms with van der Waals surface area (Å²) in [5.41, 5.74) is 5.98. The first kappa shape index (κ1) is 23.4. The van der Waals surface area contributed by atoms with Gasteiger partial charge in [-0.05, 0) is 45.4 Å². The number of nitrogens with zero attached hydrogens (tertiary/aromatic N) is 2. The molecule has 0 spiro atoms. The van der Waals surface area contributed by atoms with E-state index in [1.54, 1.807) is 0 Å². The Hall–Kier alpha value is -0.670. The van der Waals surface area contributed by atoms with E-state index in [4.69, 9.17) is 5.73 Å². The summed E-state index contributed by atoms with van der Waals surface area (Å²) in [7, 11) is 0. The van der Waals surface area contributed by atoms with Gasteiger partial charge in [0.05, 0.1) is 6.17 Å². The van der Waals surface area contributed by atoms with E-state index in [9.17, 15) is 0 Å². The Morgan fingerprint density at radius 1 is 0.923 bits per heavy atom. The number of allylic oxidation sites excluding steroid dienone is 2. The van der Waals surface area contributed by atoms with Gasteiger partial charge in [-0.1, -0.05) is 76.9 Å². The predicted octanol–water partition coefficient (Wildman–Crippen LogP) is 6.43. The van der Waals surface area contributed by atoms with Crippen molar-refractivity contribution in [2.75, 3.05) is 6.54 Å². The van der Waals surface area contributed by atoms with E-state index in [0.29, 0.717) is 6.17 Å². The van der Waals surface area contributed by atoms with Gasteiger partial charge in [-0.3, -0.25) is 9.89 Å². The lowest BCUT2D eigenvalue weighted by Crippen LogP contribution is -2.43. The van der Waals surface area contributed by atoms with Crippen molar-refractivity contribution in [2.45, 2.75) is 122 Å². The molecule has 152 valence electrons. The van der Waals surface area contributed by atoms with Crippen LogP contribution < -0.4 is 5.73 Å². The van der Waals surface area contributed by atoms with Crippen LogP contribution in [-0.4, -0.2) is 30.0 Å². The predicted molar refractivity (Wildman–Crippen MR) is 117 cm³/mol. The smallest absolute Gasteiger partial charge is 0.103 e. The Bertz CT molecular complexity index is 362. The van der Waals surface area contributed by atoms with Gasteiger partial charge in [0.2, 0.25) is 0 Å². The van der Waals surface area contributed by atoms with Crippen molar-refractivity contribution in [2.24, 2.45) is 10.7 Å². The van der Waals surface area contributed by atoms with Crippen LogP contribution >= 0.6 is 0 Å². The Balaban J connectivity index is 1.82. The molecular weight excluding hydrogens is 318 g/mol. The van der Waals surface area contributed by atoms with Gasteiger partial charge < -0.3 is 5.73 Å². The molecule has 0 radical (unpaired) electrons. The van der Waals surface area contributed by atoms with Crippen molar-refractivity contribution in [3.05, 3.63) is 12.2 Å². The van der Waals surface area contributed by atoms with Gasteiger partial charge in [-0.2, -0.15) is 0 Å². The number of hydrogen-bond acceptors (Lipinski definition) is 3. The molecule has 0 aromatic rings. The third kappa shape index (κ3) is 11.9. The largest absolute Gasteiger partial charge is 0.316 e. The first-order valence-corrected chi connectivity index (χ1v) is 11.4. The third-order valence-corrected chi connectivity index (χ3v) is 5.45. The molecule has 1 aliphatic heterocycles. The molecule has 1 aliphatic rings. The summed E-state index contributed by atoms with van der Waals surface area (Å²) in [4.78, 5) is 6.83. The first-order valence-electron chi connectivity index (χ1n) is 11.4. The molecule has 26 heavy (non-hydrogen) atoms. The Morgan fingerprint density at radius 2 is 1.46 bits per heavy atom. The second kappa shape index (κ2) is 16.5. The highest BCUT2D eigenvalue weighted by molar-refractivity contribution is 5.62. The molecule has 0 aromatic carbocycles. The van der Waals surface area contributed by atoms with Crippen molar-refractivity contribution in [1.82, 2.24) is 4.90 Å². The molecule has 3 nitrogen and oxygen atoms in total. The highest BCUT2D eigenvalue weighted by Crippen LogP contribution is 2.16. The lowest BCUT2D eigenvalue weighted by molar-refractivity contribution is 0.182. The fourth-order valence-corrected chi connectivity index (χ4v) is 3.72. The number of unbranched alkanes of at least 4 members (excludes halogenated alkanes) is 12. The number of rotatable bonds is 17. The summed E-state index contributed by atoms with van der Waals surface area (Å²) in [5, 5.41) is 0. The van der Waals surface area contributed by atoms with Crippen LogP contribution in [0.25, 0.3) is 0 Å². The van der Waals surface area contributed by atoms with E-state index in [1.165, 1.54) is 89.9 Å². The Labute approximate surface area is 163 Å². The van der Waals surface area contributed by atoms with Crippen LogP contribution in [0.5, 0.6) is 0 Å². The van der Waals surface area contributed by atoms with Crippen LogP contribution in [0.1, 0.15) is 110 Å². The minimum Gasteiger partial charge on any atom is -0.316 e. The zero-order valence-corrected chi connectivity index (χ0v) is 17.7. The monoisotopic (exact) mass is 363 g/mol. The summed E-state index contributed by atoms with van der Waals surface area (Å²) in [5.74, 6) is 0. The van der Waals surface area contributed by atoms with Crippen molar-refractivity contribution in [1.29, 1.82) is 0 Å². The Kier molecular flexibility index (Phi) is 14.8. The van der Waals surface area contributed by atoms with Gasteiger partial charge in [0.1, 0.15) is 6.17 Å². The summed E-state index contributed by atoms with van der Waals surface area (Å²) in [6.45, 7) is 5.26. The van der Waals surface area contributed by atoms with E-state index < -0.39 is 0 Å². The van der Waals surface area contributed by atoms with Crippen molar-refractivity contribution in [3.8, 4) is 0 Å². The first-order chi connectivity index (χ1) is 12.8. The molecular formula is C23H45N3. The second-order valence-corrected chi connectivity index (χ2v) is 7.98. The molecule has 0 aromatic heterocycles. The lowest BCUT2D eigenvalue weighted by atomic mass is 10.1. The zero-order chi connectivity index (χ0) is 18.9. The fraction of sp³-hybridized carbons (Fsp3) is 0.870. The fourth-order valence-electron chi connectivity index (χ4n) is 3.72. The van der Waals surface area contributed by atoms with Gasteiger partial charge in [0.25, 0.3) is 0 Å². The van der Waals surface area contributed by atoms with Crippen LogP contribution in [0.3, 0.4) is 0 Å². The quantitative estimate of drug-likeness (QED) is 0.239. The summed E-state index contributed by atoms with van der Waals surface area (Å²) >= 11 is 0. The number of aliphatic imine (C=N–C) groups is 1. The van der Waals surface area contributed by atoms with Crippen molar-refractivity contribution >= 4 is 6.21 Å². The summed E-state index contributed by atoms with van der Waals surface area (Å²) in [6, 6.07) is 0. The van der Waals surface area contributed by atoms with Gasteiger partial charge >= 0.3 is 0 Å². The molecule has 0 saturated heterocycles. The van der Waals surface area contributed by atoms with E-state index in [0.717, 1.165) is 13.0 Å². The molecule has 0 saturated carbocycles. The third-order valence-electron chi connectivity index (χ3n) is 5.45. The SMILES string of the molecule is CCCCCCCCCCCC/C=C/CCCCC1N=CCN1C(C)N. The minimum atomic E-state index is 0.114. The van der Waals surface area contributed by atoms with Crippen molar-refractivity contribution in [3.63, 3.8) is 0 Å². The van der Waals surface area contributed by atoms with Crippen LogP contribution in [-0.2, 0) is 0 Å². The molecule has 0 bridgehead atoms. The number of hydrogen-bond donors (Lipinski definition) is 1. The van der Waals surface area contributed by atoms with Crippen molar-refractivity contribution < 1.29 is 0 Å². The maximum absolute atomic E-state index is 5.98. The van der Waals surface area contributed by atoms with Crippen LogP contribution in [0.15, 0.2) is 17.1 Å². The highest BCUT2D eigenvalue weighted by Gasteiger charge is 2.22. The normalized spacial score (nSPS) is 19.0. The minimum absolute atomic E-state index is 0.114. The van der Waals surface area contributed by atoms with Gasteiger partial charge in [0, 0.05) is 12.8 Å². The Morgan fingerprint density at radius 3 is 2.04 bits per heavy atom. The van der Waals surface area contributed by atoms with Gasteiger partial charge in [-0.15, -0.1) is 0 Å². The summed E-state index contributed by atoms with van der Waals surface area (Å²) in [6.07, 6.45) is 27.6. The van der Waals surface area contributed by atoms with Gasteiger partial charge in [0.15, 0.2) is 0 Å². The molecule has 3 heteroatoms. The molecule has 0 amide bonds. The second-order valence-electron chi connectivity index (χ2n) is 7.98. The van der Waals surface area contributed by atoms with E-state index in [2.05, 4.69) is 35.9 Å². The highest BCUT2D eigenvalue weighted by atomic mass is 15.3. The van der Waals surface area contributed by atoms with Crippen LogP contribution in [0.2, 0.25) is 0 Å².